The predicted molar refractivity (Wildman–Crippen MR) is 125 cm³/mol. The fraction of sp³-hybridized carbons (Fsp3) is 0.480. The van der Waals surface area contributed by atoms with Crippen molar-refractivity contribution in [3.63, 3.8) is 0 Å². The first-order valence-corrected chi connectivity index (χ1v) is 13.1. The van der Waals surface area contributed by atoms with Crippen LogP contribution in [0.15, 0.2) is 59.5 Å². The van der Waals surface area contributed by atoms with Gasteiger partial charge in [-0.15, -0.1) is 0 Å². The number of carbonyl (C=O) groups is 1. The molecule has 0 spiro atoms. The Balaban J connectivity index is 1.36. The van der Waals surface area contributed by atoms with E-state index in [9.17, 15) is 13.2 Å². The largest absolute Gasteiger partial charge is 0.352 e. The second kappa shape index (κ2) is 10.6. The Morgan fingerprint density at radius 1 is 0.875 bits per heavy atom. The molecule has 1 N–H and O–H groups in total. The Morgan fingerprint density at radius 2 is 1.56 bits per heavy atom. The average molecular weight is 456 g/mol. The molecular weight excluding hydrogens is 422 g/mol. The van der Waals surface area contributed by atoms with E-state index in [4.69, 9.17) is 0 Å². The first-order chi connectivity index (χ1) is 15.5. The summed E-state index contributed by atoms with van der Waals surface area (Å²) in [7, 11) is -3.57. The van der Waals surface area contributed by atoms with Gasteiger partial charge in [0.05, 0.1) is 10.8 Å². The number of amides is 1. The monoisotopic (exact) mass is 455 g/mol. The molecule has 1 amide bonds. The molecule has 172 valence electrons. The lowest BCUT2D eigenvalue weighted by molar-refractivity contribution is -0.126. The zero-order valence-electron chi connectivity index (χ0n) is 18.6. The summed E-state index contributed by atoms with van der Waals surface area (Å²) in [5, 5.41) is 3.08. The van der Waals surface area contributed by atoms with Gasteiger partial charge in [0.15, 0.2) is 0 Å². The molecule has 2 aromatic rings. The summed E-state index contributed by atoms with van der Waals surface area (Å²) in [6.45, 7) is 4.35. The highest BCUT2D eigenvalue weighted by Crippen LogP contribution is 2.24. The van der Waals surface area contributed by atoms with Crippen molar-refractivity contribution >= 4 is 15.9 Å². The zero-order valence-corrected chi connectivity index (χ0v) is 19.4. The van der Waals surface area contributed by atoms with E-state index in [1.165, 1.54) is 29.1 Å². The number of hydrogen-bond donors (Lipinski definition) is 1. The molecule has 0 saturated carbocycles. The molecule has 2 saturated heterocycles. The molecule has 2 aliphatic heterocycles. The maximum atomic E-state index is 13.0. The van der Waals surface area contributed by atoms with E-state index in [2.05, 4.69) is 28.4 Å². The van der Waals surface area contributed by atoms with E-state index in [1.54, 1.807) is 30.3 Å². The molecule has 7 heteroatoms. The fourth-order valence-electron chi connectivity index (χ4n) is 4.69. The van der Waals surface area contributed by atoms with Gasteiger partial charge in [0.1, 0.15) is 0 Å². The molecule has 32 heavy (non-hydrogen) atoms. The minimum absolute atomic E-state index is 0.0641. The highest BCUT2D eigenvalue weighted by molar-refractivity contribution is 7.89. The predicted octanol–water partition coefficient (Wildman–Crippen LogP) is 3.39. The van der Waals surface area contributed by atoms with Crippen molar-refractivity contribution < 1.29 is 13.2 Å². The topological polar surface area (TPSA) is 69.7 Å². The quantitative estimate of drug-likeness (QED) is 0.695. The van der Waals surface area contributed by atoms with Crippen LogP contribution in [0.1, 0.15) is 43.2 Å². The lowest BCUT2D eigenvalue weighted by Gasteiger charge is -2.31. The number of nitrogens with one attached hydrogen (secondary N) is 1. The average Bonchev–Trinajstić information content (AvgIpc) is 2.84. The van der Waals surface area contributed by atoms with Gasteiger partial charge < -0.3 is 5.32 Å². The first-order valence-electron chi connectivity index (χ1n) is 11.7. The van der Waals surface area contributed by atoms with Gasteiger partial charge in [0.2, 0.25) is 15.9 Å². The number of carbonyl (C=O) groups excluding carboxylic acids is 1. The molecule has 2 aromatic carbocycles. The summed E-state index contributed by atoms with van der Waals surface area (Å²) in [5.74, 6) is -0.387. The smallest absolute Gasteiger partial charge is 0.243 e. The van der Waals surface area contributed by atoms with Crippen molar-refractivity contribution in [1.29, 1.82) is 0 Å². The van der Waals surface area contributed by atoms with Gasteiger partial charge in [0.25, 0.3) is 0 Å². The first kappa shape index (κ1) is 23.0. The van der Waals surface area contributed by atoms with Gasteiger partial charge in [0, 0.05) is 26.2 Å². The van der Waals surface area contributed by atoms with Gasteiger partial charge >= 0.3 is 0 Å². The van der Waals surface area contributed by atoms with Crippen LogP contribution in [0.2, 0.25) is 0 Å². The molecule has 1 atom stereocenters. The molecule has 6 nitrogen and oxygen atoms in total. The SMILES string of the molecule is O=C(NCc1ccccc1CN1CCCCC1)[C@@H]1CCCN(S(=O)(=O)c2ccccc2)C1. The second-order valence-electron chi connectivity index (χ2n) is 8.84. The van der Waals surface area contributed by atoms with Crippen LogP contribution in [0.4, 0.5) is 0 Å². The van der Waals surface area contributed by atoms with Gasteiger partial charge in [-0.05, 0) is 62.0 Å². The number of likely N-dealkylation sites (tertiary alicyclic amines) is 1. The van der Waals surface area contributed by atoms with Crippen LogP contribution in [-0.4, -0.2) is 49.7 Å². The summed E-state index contributed by atoms with van der Waals surface area (Å²) in [5.41, 5.74) is 2.39. The zero-order chi connectivity index (χ0) is 22.4. The highest BCUT2D eigenvalue weighted by Gasteiger charge is 2.33. The maximum Gasteiger partial charge on any atom is 0.243 e. The van der Waals surface area contributed by atoms with Crippen LogP contribution < -0.4 is 5.32 Å². The van der Waals surface area contributed by atoms with Gasteiger partial charge in [-0.25, -0.2) is 8.42 Å². The minimum Gasteiger partial charge on any atom is -0.352 e. The van der Waals surface area contributed by atoms with E-state index in [0.717, 1.165) is 25.2 Å². The van der Waals surface area contributed by atoms with E-state index >= 15 is 0 Å². The number of rotatable bonds is 7. The molecule has 0 aromatic heterocycles. The summed E-state index contributed by atoms with van der Waals surface area (Å²) >= 11 is 0. The van der Waals surface area contributed by atoms with Crippen molar-refractivity contribution in [3.05, 3.63) is 65.7 Å². The third-order valence-electron chi connectivity index (χ3n) is 6.55. The van der Waals surface area contributed by atoms with Crippen LogP contribution in [-0.2, 0) is 27.9 Å². The fourth-order valence-corrected chi connectivity index (χ4v) is 6.23. The Morgan fingerprint density at radius 3 is 2.31 bits per heavy atom. The van der Waals surface area contributed by atoms with E-state index in [-0.39, 0.29) is 23.3 Å². The standard InChI is InChI=1S/C25H33N3O3S/c29-25(23-12-9-17-28(20-23)32(30,31)24-13-3-1-4-14-24)26-18-21-10-5-6-11-22(21)19-27-15-7-2-8-16-27/h1,3-6,10-11,13-14,23H,2,7-9,12,15-20H2,(H,26,29)/t23-/m1/s1. The molecular formula is C25H33N3O3S. The Labute approximate surface area is 191 Å². The van der Waals surface area contributed by atoms with Crippen molar-refractivity contribution in [1.82, 2.24) is 14.5 Å². The van der Waals surface area contributed by atoms with Crippen LogP contribution in [0.3, 0.4) is 0 Å². The number of nitrogens with zero attached hydrogens (tertiary/aromatic N) is 2. The number of piperidine rings is 2. The maximum absolute atomic E-state index is 13.0. The van der Waals surface area contributed by atoms with E-state index < -0.39 is 10.0 Å². The van der Waals surface area contributed by atoms with E-state index in [0.29, 0.717) is 25.9 Å². The molecule has 4 rings (SSSR count). The third kappa shape index (κ3) is 5.57. The molecule has 2 heterocycles. The molecule has 0 radical (unpaired) electrons. The number of benzene rings is 2. The van der Waals surface area contributed by atoms with Crippen LogP contribution in [0.25, 0.3) is 0 Å². The van der Waals surface area contributed by atoms with Crippen LogP contribution >= 0.6 is 0 Å². The van der Waals surface area contributed by atoms with Gasteiger partial charge in [-0.1, -0.05) is 48.9 Å². The van der Waals surface area contributed by atoms with Crippen molar-refractivity contribution in [2.75, 3.05) is 26.2 Å². The summed E-state index contributed by atoms with van der Waals surface area (Å²) in [6.07, 6.45) is 5.22. The number of sulfonamides is 1. The molecule has 0 aliphatic carbocycles. The number of hydrogen-bond acceptors (Lipinski definition) is 4. The molecule has 0 bridgehead atoms. The summed E-state index contributed by atoms with van der Waals surface area (Å²) < 4.78 is 27.4. The van der Waals surface area contributed by atoms with Crippen molar-refractivity contribution in [3.8, 4) is 0 Å². The summed E-state index contributed by atoms with van der Waals surface area (Å²) in [6, 6.07) is 16.8. The lowest BCUT2D eigenvalue weighted by Crippen LogP contribution is -2.45. The third-order valence-corrected chi connectivity index (χ3v) is 8.43. The second-order valence-corrected chi connectivity index (χ2v) is 10.8. The molecule has 2 aliphatic rings. The van der Waals surface area contributed by atoms with Crippen LogP contribution in [0.5, 0.6) is 0 Å². The summed E-state index contributed by atoms with van der Waals surface area (Å²) in [4.78, 5) is 15.7. The Bertz CT molecular complexity index is 1000. The molecule has 0 unspecified atom stereocenters. The van der Waals surface area contributed by atoms with Gasteiger partial charge in [-0.3, -0.25) is 9.69 Å². The van der Waals surface area contributed by atoms with Crippen molar-refractivity contribution in [2.24, 2.45) is 5.92 Å². The Kier molecular flexibility index (Phi) is 7.60. The highest BCUT2D eigenvalue weighted by atomic mass is 32.2. The van der Waals surface area contributed by atoms with Gasteiger partial charge in [-0.2, -0.15) is 4.31 Å². The van der Waals surface area contributed by atoms with E-state index in [1.807, 2.05) is 6.07 Å². The normalized spacial score (nSPS) is 20.7. The molecule has 2 fully saturated rings. The lowest BCUT2D eigenvalue weighted by atomic mass is 9.98. The Hall–Kier alpha value is -2.22. The minimum atomic E-state index is -3.57. The van der Waals surface area contributed by atoms with Crippen molar-refractivity contribution in [2.45, 2.75) is 50.1 Å². The van der Waals surface area contributed by atoms with Crippen LogP contribution in [0, 0.1) is 5.92 Å².